The van der Waals surface area contributed by atoms with E-state index in [-0.39, 0.29) is 6.03 Å². The lowest BCUT2D eigenvalue weighted by Crippen LogP contribution is -2.43. The fraction of sp³-hybridized carbons (Fsp3) is 0.647. The highest BCUT2D eigenvalue weighted by atomic mass is 16.2. The van der Waals surface area contributed by atoms with Crippen LogP contribution in [-0.2, 0) is 0 Å². The van der Waals surface area contributed by atoms with E-state index in [0.717, 1.165) is 32.6 Å². The molecule has 1 unspecified atom stereocenters. The van der Waals surface area contributed by atoms with E-state index in [1.807, 2.05) is 17.2 Å². The molecule has 22 heavy (non-hydrogen) atoms. The van der Waals surface area contributed by atoms with Crippen molar-refractivity contribution in [3.63, 3.8) is 0 Å². The summed E-state index contributed by atoms with van der Waals surface area (Å²) in [5, 5.41) is 6.43. The van der Waals surface area contributed by atoms with Crippen LogP contribution in [0.2, 0.25) is 0 Å². The van der Waals surface area contributed by atoms with Crippen molar-refractivity contribution in [2.24, 2.45) is 5.41 Å². The lowest BCUT2D eigenvalue weighted by Gasteiger charge is -2.33. The number of nitrogens with zero attached hydrogens (tertiary/aromatic N) is 2. The number of amides is 2. The molecule has 5 nitrogen and oxygen atoms in total. The maximum absolute atomic E-state index is 12.4. The topological polar surface area (TPSA) is 57.3 Å². The quantitative estimate of drug-likeness (QED) is 0.882. The van der Waals surface area contributed by atoms with Crippen LogP contribution in [0.3, 0.4) is 0 Å². The van der Waals surface area contributed by atoms with E-state index in [1.165, 1.54) is 31.2 Å². The number of carbonyl (C=O) groups is 1. The van der Waals surface area contributed by atoms with Crippen molar-refractivity contribution >= 4 is 11.8 Å². The van der Waals surface area contributed by atoms with Gasteiger partial charge in [-0.1, -0.05) is 6.07 Å². The summed E-state index contributed by atoms with van der Waals surface area (Å²) < 4.78 is 0. The Kier molecular flexibility index (Phi) is 3.53. The first kappa shape index (κ1) is 14.0. The first-order chi connectivity index (χ1) is 10.7. The largest absolute Gasteiger partial charge is 0.324 e. The molecule has 0 radical (unpaired) electrons. The molecule has 1 spiro atoms. The molecule has 4 rings (SSSR count). The molecule has 3 fully saturated rings. The fourth-order valence-electron chi connectivity index (χ4n) is 3.81. The second-order valence-electron chi connectivity index (χ2n) is 7.13. The predicted octanol–water partition coefficient (Wildman–Crippen LogP) is 2.57. The lowest BCUT2D eigenvalue weighted by atomic mass is 9.80. The summed E-state index contributed by atoms with van der Waals surface area (Å²) in [6.45, 7) is 3.88. The van der Waals surface area contributed by atoms with Gasteiger partial charge >= 0.3 is 6.03 Å². The Morgan fingerprint density at radius 2 is 2.27 bits per heavy atom. The van der Waals surface area contributed by atoms with Crippen LogP contribution in [0, 0.1) is 5.41 Å². The number of pyridine rings is 1. The summed E-state index contributed by atoms with van der Waals surface area (Å²) in [5.41, 5.74) is 1.60. The van der Waals surface area contributed by atoms with Gasteiger partial charge in [-0.05, 0) is 56.2 Å². The van der Waals surface area contributed by atoms with Crippen LogP contribution in [0.5, 0.6) is 0 Å². The SMILES string of the molecule is O=C(Nc1ccc(C2CC2)cn1)N1CCC2(CCCNC2)C1. The molecule has 5 heteroatoms. The second-order valence-corrected chi connectivity index (χ2v) is 7.13. The molecule has 1 aliphatic carbocycles. The number of piperidine rings is 1. The highest BCUT2D eigenvalue weighted by Gasteiger charge is 2.40. The first-order valence-corrected chi connectivity index (χ1v) is 8.47. The molecule has 2 N–H and O–H groups in total. The Labute approximate surface area is 131 Å². The minimum Gasteiger partial charge on any atom is -0.324 e. The van der Waals surface area contributed by atoms with Crippen molar-refractivity contribution in [2.45, 2.75) is 38.0 Å². The zero-order valence-corrected chi connectivity index (χ0v) is 13.0. The Morgan fingerprint density at radius 3 is 2.95 bits per heavy atom. The molecule has 2 amide bonds. The summed E-state index contributed by atoms with van der Waals surface area (Å²) >= 11 is 0. The number of aromatic nitrogens is 1. The Morgan fingerprint density at radius 1 is 1.36 bits per heavy atom. The van der Waals surface area contributed by atoms with Crippen LogP contribution < -0.4 is 10.6 Å². The number of urea groups is 1. The van der Waals surface area contributed by atoms with Crippen LogP contribution in [-0.4, -0.2) is 42.1 Å². The zero-order valence-electron chi connectivity index (χ0n) is 13.0. The van der Waals surface area contributed by atoms with E-state index in [2.05, 4.69) is 21.7 Å². The number of carbonyl (C=O) groups excluding carboxylic acids is 1. The Hall–Kier alpha value is -1.62. The second kappa shape index (κ2) is 5.54. The molecular formula is C17H24N4O. The average molecular weight is 300 g/mol. The maximum Gasteiger partial charge on any atom is 0.323 e. The molecule has 3 heterocycles. The van der Waals surface area contributed by atoms with Crippen LogP contribution in [0.25, 0.3) is 0 Å². The smallest absolute Gasteiger partial charge is 0.323 e. The van der Waals surface area contributed by atoms with Gasteiger partial charge in [-0.15, -0.1) is 0 Å². The van der Waals surface area contributed by atoms with E-state index in [1.54, 1.807) is 0 Å². The molecule has 0 bridgehead atoms. The standard InChI is InChI=1S/C17H24N4O/c22-16(20-15-5-4-14(10-19-15)13-2-3-13)21-9-7-17(12-21)6-1-8-18-11-17/h4-5,10,13,18H,1-3,6-9,11-12H2,(H,19,20,22). The van der Waals surface area contributed by atoms with Gasteiger partial charge in [0, 0.05) is 31.2 Å². The van der Waals surface area contributed by atoms with Gasteiger partial charge in [-0.25, -0.2) is 9.78 Å². The Bertz CT molecular complexity index is 546. The van der Waals surface area contributed by atoms with Crippen LogP contribution in [0.15, 0.2) is 18.3 Å². The van der Waals surface area contributed by atoms with Gasteiger partial charge in [-0.3, -0.25) is 5.32 Å². The molecule has 2 saturated heterocycles. The molecule has 118 valence electrons. The van der Waals surface area contributed by atoms with Crippen LogP contribution in [0.4, 0.5) is 10.6 Å². The molecule has 1 aromatic rings. The first-order valence-electron chi connectivity index (χ1n) is 8.47. The van der Waals surface area contributed by atoms with Crippen molar-refractivity contribution in [2.75, 3.05) is 31.5 Å². The molecule has 3 aliphatic rings. The summed E-state index contributed by atoms with van der Waals surface area (Å²) in [6, 6.07) is 4.02. The van der Waals surface area contributed by atoms with Gasteiger partial charge in [0.05, 0.1) is 0 Å². The van der Waals surface area contributed by atoms with Crippen molar-refractivity contribution in [3.8, 4) is 0 Å². The van der Waals surface area contributed by atoms with Gasteiger partial charge in [0.1, 0.15) is 5.82 Å². The Balaban J connectivity index is 1.35. The summed E-state index contributed by atoms with van der Waals surface area (Å²) in [7, 11) is 0. The van der Waals surface area contributed by atoms with E-state index in [0.29, 0.717) is 17.2 Å². The van der Waals surface area contributed by atoms with E-state index in [4.69, 9.17) is 0 Å². The van der Waals surface area contributed by atoms with Crippen LogP contribution >= 0.6 is 0 Å². The van der Waals surface area contributed by atoms with Gasteiger partial charge in [0.25, 0.3) is 0 Å². The number of likely N-dealkylation sites (tertiary alicyclic amines) is 1. The van der Waals surface area contributed by atoms with Gasteiger partial charge in [-0.2, -0.15) is 0 Å². The highest BCUT2D eigenvalue weighted by molar-refractivity contribution is 5.88. The van der Waals surface area contributed by atoms with E-state index < -0.39 is 0 Å². The summed E-state index contributed by atoms with van der Waals surface area (Å²) in [5.74, 6) is 1.37. The van der Waals surface area contributed by atoms with E-state index >= 15 is 0 Å². The van der Waals surface area contributed by atoms with Crippen LogP contribution in [0.1, 0.15) is 43.6 Å². The summed E-state index contributed by atoms with van der Waals surface area (Å²) in [4.78, 5) is 18.8. The van der Waals surface area contributed by atoms with Gasteiger partial charge < -0.3 is 10.2 Å². The fourth-order valence-corrected chi connectivity index (χ4v) is 3.81. The molecule has 1 saturated carbocycles. The minimum absolute atomic E-state index is 0.00544. The third-order valence-corrected chi connectivity index (χ3v) is 5.36. The monoisotopic (exact) mass is 300 g/mol. The zero-order chi connectivity index (χ0) is 15.0. The minimum atomic E-state index is -0.00544. The van der Waals surface area contributed by atoms with Gasteiger partial charge in [0.2, 0.25) is 0 Å². The predicted molar refractivity (Wildman–Crippen MR) is 86.0 cm³/mol. The number of anilines is 1. The lowest BCUT2D eigenvalue weighted by molar-refractivity contribution is 0.195. The maximum atomic E-state index is 12.4. The molecule has 2 aliphatic heterocycles. The van der Waals surface area contributed by atoms with E-state index in [9.17, 15) is 4.79 Å². The van der Waals surface area contributed by atoms with Crippen molar-refractivity contribution in [3.05, 3.63) is 23.9 Å². The third-order valence-electron chi connectivity index (χ3n) is 5.36. The van der Waals surface area contributed by atoms with Crippen molar-refractivity contribution < 1.29 is 4.79 Å². The molecule has 1 aromatic heterocycles. The van der Waals surface area contributed by atoms with Gasteiger partial charge in [0.15, 0.2) is 0 Å². The van der Waals surface area contributed by atoms with Crippen molar-refractivity contribution in [1.29, 1.82) is 0 Å². The average Bonchev–Trinajstić information content (AvgIpc) is 3.32. The molecular weight excluding hydrogens is 276 g/mol. The normalized spacial score (nSPS) is 28.1. The highest BCUT2D eigenvalue weighted by Crippen LogP contribution is 2.40. The molecule has 1 atom stereocenters. The number of hydrogen-bond donors (Lipinski definition) is 2. The number of rotatable bonds is 2. The number of nitrogens with one attached hydrogen (secondary N) is 2. The third kappa shape index (κ3) is 2.82. The number of hydrogen-bond acceptors (Lipinski definition) is 3. The molecule has 0 aromatic carbocycles. The van der Waals surface area contributed by atoms with Crippen molar-refractivity contribution in [1.82, 2.24) is 15.2 Å². The summed E-state index contributed by atoms with van der Waals surface area (Å²) in [6.07, 6.45) is 8.03.